The lowest BCUT2D eigenvalue weighted by atomic mass is 10.2. The summed E-state index contributed by atoms with van der Waals surface area (Å²) in [7, 11) is 0. The van der Waals surface area contributed by atoms with E-state index in [1.54, 1.807) is 6.21 Å². The molecule has 7 nitrogen and oxygen atoms in total. The van der Waals surface area contributed by atoms with E-state index in [1.165, 1.54) is 11.8 Å². The molecule has 1 aromatic heterocycles. The molecule has 5 aromatic rings. The van der Waals surface area contributed by atoms with Crippen molar-refractivity contribution < 1.29 is 9.53 Å². The topological polar surface area (TPSA) is 81.4 Å². The molecule has 0 aliphatic carbocycles. The molecular formula is C30H24ClN5O2S. The van der Waals surface area contributed by atoms with Gasteiger partial charge in [-0.2, -0.15) is 5.10 Å². The number of rotatable bonds is 10. The maximum atomic E-state index is 12.5. The molecule has 0 fully saturated rings. The molecule has 39 heavy (non-hydrogen) atoms. The first-order chi connectivity index (χ1) is 19.2. The molecule has 1 amide bonds. The van der Waals surface area contributed by atoms with Crippen molar-refractivity contribution in [3.8, 4) is 22.8 Å². The molecule has 1 heterocycles. The second kappa shape index (κ2) is 12.9. The summed E-state index contributed by atoms with van der Waals surface area (Å²) in [5, 5.41) is 14.0. The molecule has 5 rings (SSSR count). The Bertz CT molecular complexity index is 1540. The average Bonchev–Trinajstić information content (AvgIpc) is 3.41. The predicted molar refractivity (Wildman–Crippen MR) is 155 cm³/mol. The standard InChI is InChI=1S/C30H24ClN5O2S/c31-25-13-15-26(16-14-25)36-29(24-9-5-2-6-10-24)34-35-30(36)39-21-28(37)33-32-19-22-11-17-27(18-12-22)38-20-23-7-3-1-4-8-23/h1-19H,20-21H2,(H,33,37)/b32-19+. The maximum Gasteiger partial charge on any atom is 0.250 e. The van der Waals surface area contributed by atoms with Crippen molar-refractivity contribution in [1.29, 1.82) is 0 Å². The van der Waals surface area contributed by atoms with Gasteiger partial charge in [0.05, 0.1) is 12.0 Å². The van der Waals surface area contributed by atoms with Gasteiger partial charge in [-0.25, -0.2) is 5.43 Å². The van der Waals surface area contributed by atoms with Crippen LogP contribution in [0.2, 0.25) is 5.02 Å². The number of hydrogen-bond donors (Lipinski definition) is 1. The molecule has 0 atom stereocenters. The molecule has 0 unspecified atom stereocenters. The summed E-state index contributed by atoms with van der Waals surface area (Å²) in [6.45, 7) is 0.501. The zero-order valence-corrected chi connectivity index (χ0v) is 22.3. The third-order valence-electron chi connectivity index (χ3n) is 5.61. The number of nitrogens with one attached hydrogen (secondary N) is 1. The molecule has 0 spiro atoms. The van der Waals surface area contributed by atoms with Crippen molar-refractivity contribution in [2.45, 2.75) is 11.8 Å². The van der Waals surface area contributed by atoms with E-state index in [2.05, 4.69) is 20.7 Å². The third kappa shape index (κ3) is 7.13. The summed E-state index contributed by atoms with van der Waals surface area (Å²) in [5.41, 5.74) is 6.27. The van der Waals surface area contributed by atoms with E-state index in [1.807, 2.05) is 114 Å². The summed E-state index contributed by atoms with van der Waals surface area (Å²) in [6, 6.07) is 34.7. The monoisotopic (exact) mass is 553 g/mol. The Morgan fingerprint density at radius 1 is 0.897 bits per heavy atom. The molecule has 9 heteroatoms. The number of nitrogens with zero attached hydrogens (tertiary/aromatic N) is 4. The minimum Gasteiger partial charge on any atom is -0.489 e. The molecule has 0 saturated heterocycles. The Hall–Kier alpha value is -4.40. The van der Waals surface area contributed by atoms with Crippen LogP contribution >= 0.6 is 23.4 Å². The van der Waals surface area contributed by atoms with Crippen LogP contribution in [0.25, 0.3) is 17.1 Å². The quantitative estimate of drug-likeness (QED) is 0.123. The van der Waals surface area contributed by atoms with Crippen LogP contribution in [0.3, 0.4) is 0 Å². The molecule has 4 aromatic carbocycles. The minimum atomic E-state index is -0.258. The predicted octanol–water partition coefficient (Wildman–Crippen LogP) is 6.41. The van der Waals surface area contributed by atoms with Crippen LogP contribution in [0.4, 0.5) is 0 Å². The van der Waals surface area contributed by atoms with Crippen molar-refractivity contribution >= 4 is 35.5 Å². The van der Waals surface area contributed by atoms with E-state index < -0.39 is 0 Å². The highest BCUT2D eigenvalue weighted by Gasteiger charge is 2.17. The van der Waals surface area contributed by atoms with Gasteiger partial charge in [0.15, 0.2) is 11.0 Å². The van der Waals surface area contributed by atoms with E-state index in [-0.39, 0.29) is 11.7 Å². The van der Waals surface area contributed by atoms with Crippen molar-refractivity contribution in [2.24, 2.45) is 5.10 Å². The third-order valence-corrected chi connectivity index (χ3v) is 6.79. The van der Waals surface area contributed by atoms with Crippen LogP contribution in [-0.2, 0) is 11.4 Å². The van der Waals surface area contributed by atoms with E-state index in [9.17, 15) is 4.79 Å². The zero-order valence-electron chi connectivity index (χ0n) is 20.8. The highest BCUT2D eigenvalue weighted by atomic mass is 35.5. The van der Waals surface area contributed by atoms with Crippen molar-refractivity contribution in [3.63, 3.8) is 0 Å². The second-order valence-corrected chi connectivity index (χ2v) is 9.79. The van der Waals surface area contributed by atoms with Gasteiger partial charge in [-0.15, -0.1) is 10.2 Å². The Morgan fingerprint density at radius 2 is 1.59 bits per heavy atom. The molecule has 0 saturated carbocycles. The maximum absolute atomic E-state index is 12.5. The van der Waals surface area contributed by atoms with Gasteiger partial charge < -0.3 is 4.74 Å². The first kappa shape index (κ1) is 26.2. The molecule has 0 aliphatic heterocycles. The molecule has 194 valence electrons. The van der Waals surface area contributed by atoms with Crippen LogP contribution in [0.15, 0.2) is 119 Å². The lowest BCUT2D eigenvalue weighted by molar-refractivity contribution is -0.118. The van der Waals surface area contributed by atoms with Gasteiger partial charge in [0.2, 0.25) is 0 Å². The highest BCUT2D eigenvalue weighted by molar-refractivity contribution is 7.99. The number of benzene rings is 4. The number of halogens is 1. The number of thioether (sulfide) groups is 1. The van der Waals surface area contributed by atoms with Gasteiger partial charge in [0.25, 0.3) is 5.91 Å². The Balaban J connectivity index is 1.18. The largest absolute Gasteiger partial charge is 0.489 e. The molecule has 0 radical (unpaired) electrons. The first-order valence-electron chi connectivity index (χ1n) is 12.1. The van der Waals surface area contributed by atoms with Crippen LogP contribution < -0.4 is 10.2 Å². The normalized spacial score (nSPS) is 11.0. The highest BCUT2D eigenvalue weighted by Crippen LogP contribution is 2.28. The zero-order chi connectivity index (χ0) is 26.9. The summed E-state index contributed by atoms with van der Waals surface area (Å²) in [6.07, 6.45) is 1.59. The average molecular weight is 554 g/mol. The summed E-state index contributed by atoms with van der Waals surface area (Å²) < 4.78 is 7.72. The molecule has 0 bridgehead atoms. The SMILES string of the molecule is O=C(CSc1nnc(-c2ccccc2)n1-c1ccc(Cl)cc1)N/N=C/c1ccc(OCc2ccccc2)cc1. The van der Waals surface area contributed by atoms with Crippen molar-refractivity contribution in [1.82, 2.24) is 20.2 Å². The van der Waals surface area contributed by atoms with Crippen LogP contribution in [0, 0.1) is 0 Å². The van der Waals surface area contributed by atoms with E-state index >= 15 is 0 Å². The van der Waals surface area contributed by atoms with E-state index in [0.29, 0.717) is 22.6 Å². The molecular weight excluding hydrogens is 530 g/mol. The Kier molecular flexibility index (Phi) is 8.68. The van der Waals surface area contributed by atoms with E-state index in [4.69, 9.17) is 16.3 Å². The van der Waals surface area contributed by atoms with E-state index in [0.717, 1.165) is 28.1 Å². The number of aromatic nitrogens is 3. The number of hydrogen-bond acceptors (Lipinski definition) is 6. The smallest absolute Gasteiger partial charge is 0.250 e. The fourth-order valence-corrected chi connectivity index (χ4v) is 4.56. The Labute approximate surface area is 235 Å². The lowest BCUT2D eigenvalue weighted by Gasteiger charge is -2.10. The van der Waals surface area contributed by atoms with Crippen LogP contribution in [0.5, 0.6) is 5.75 Å². The lowest BCUT2D eigenvalue weighted by Crippen LogP contribution is -2.20. The van der Waals surface area contributed by atoms with Crippen molar-refractivity contribution in [3.05, 3.63) is 125 Å². The van der Waals surface area contributed by atoms with Crippen LogP contribution in [0.1, 0.15) is 11.1 Å². The van der Waals surface area contributed by atoms with Gasteiger partial charge in [-0.3, -0.25) is 9.36 Å². The first-order valence-corrected chi connectivity index (χ1v) is 13.5. The fourth-order valence-electron chi connectivity index (χ4n) is 3.69. The van der Waals surface area contributed by atoms with Crippen molar-refractivity contribution in [2.75, 3.05) is 5.75 Å². The van der Waals surface area contributed by atoms with Gasteiger partial charge in [0, 0.05) is 16.3 Å². The van der Waals surface area contributed by atoms with Gasteiger partial charge >= 0.3 is 0 Å². The number of amides is 1. The second-order valence-electron chi connectivity index (χ2n) is 8.41. The van der Waals surface area contributed by atoms with Gasteiger partial charge in [-0.1, -0.05) is 84.0 Å². The summed E-state index contributed by atoms with van der Waals surface area (Å²) >= 11 is 7.37. The number of ether oxygens (including phenoxy) is 1. The van der Waals surface area contributed by atoms with Crippen LogP contribution in [-0.4, -0.2) is 32.6 Å². The Morgan fingerprint density at radius 3 is 2.31 bits per heavy atom. The number of hydrazone groups is 1. The number of carbonyl (C=O) groups excluding carboxylic acids is 1. The molecule has 1 N–H and O–H groups in total. The minimum absolute atomic E-state index is 0.115. The fraction of sp³-hybridized carbons (Fsp3) is 0.0667. The number of carbonyl (C=O) groups is 1. The van der Waals surface area contributed by atoms with Gasteiger partial charge in [-0.05, 0) is 59.7 Å². The summed E-state index contributed by atoms with van der Waals surface area (Å²) in [4.78, 5) is 12.5. The van der Waals surface area contributed by atoms with Gasteiger partial charge in [0.1, 0.15) is 12.4 Å². The molecule has 0 aliphatic rings. The summed E-state index contributed by atoms with van der Waals surface area (Å²) in [5.74, 6) is 1.29.